The molecule has 0 aliphatic carbocycles. The van der Waals surface area contributed by atoms with Gasteiger partial charge in [0.1, 0.15) is 5.82 Å². The van der Waals surface area contributed by atoms with Crippen LogP contribution in [0.4, 0.5) is 4.39 Å². The Labute approximate surface area is 133 Å². The van der Waals surface area contributed by atoms with Crippen molar-refractivity contribution in [3.05, 3.63) is 68.9 Å². The van der Waals surface area contributed by atoms with Crippen LogP contribution in [0.5, 0.6) is 0 Å². The van der Waals surface area contributed by atoms with E-state index in [4.69, 9.17) is 11.6 Å². The van der Waals surface area contributed by atoms with Crippen molar-refractivity contribution in [3.8, 4) is 0 Å². The van der Waals surface area contributed by atoms with E-state index in [9.17, 15) is 14.0 Å². The smallest absolute Gasteiger partial charge is 0.267 e. The molecule has 0 heterocycles. The summed E-state index contributed by atoms with van der Waals surface area (Å²) in [5.74, 6) is -1.68. The highest BCUT2D eigenvalue weighted by molar-refractivity contribution is 9.10. The minimum Gasteiger partial charge on any atom is -0.267 e. The Balaban J connectivity index is 2.04. The molecule has 2 aromatic rings. The number of hydrogen-bond donors (Lipinski definition) is 2. The quantitative estimate of drug-likeness (QED) is 0.796. The zero-order valence-corrected chi connectivity index (χ0v) is 12.8. The maximum Gasteiger partial charge on any atom is 0.271 e. The Morgan fingerprint density at radius 3 is 2.24 bits per heavy atom. The molecule has 0 radical (unpaired) electrons. The molecule has 2 N–H and O–H groups in total. The van der Waals surface area contributed by atoms with Gasteiger partial charge in [-0.15, -0.1) is 0 Å². The fourth-order valence-electron chi connectivity index (χ4n) is 1.57. The third-order valence-electron chi connectivity index (χ3n) is 2.58. The van der Waals surface area contributed by atoms with Gasteiger partial charge in [-0.2, -0.15) is 0 Å². The highest BCUT2D eigenvalue weighted by Crippen LogP contribution is 2.17. The Hall–Kier alpha value is -1.92. The Kier molecular flexibility index (Phi) is 4.93. The zero-order chi connectivity index (χ0) is 15.4. The molecule has 0 atom stereocenters. The van der Waals surface area contributed by atoms with Crippen molar-refractivity contribution in [2.75, 3.05) is 0 Å². The van der Waals surface area contributed by atoms with Crippen LogP contribution in [0.2, 0.25) is 5.02 Å². The molecule has 0 aromatic heterocycles. The van der Waals surface area contributed by atoms with E-state index >= 15 is 0 Å². The summed E-state index contributed by atoms with van der Waals surface area (Å²) in [4.78, 5) is 23.7. The molecule has 0 aliphatic heterocycles. The lowest BCUT2D eigenvalue weighted by Crippen LogP contribution is -2.41. The molecular weight excluding hydrogens is 363 g/mol. The standard InChI is InChI=1S/C14H9BrClFN2O2/c15-11-4-2-1-3-9(11)13(20)18-19-14(21)10-6-5-8(17)7-12(10)16/h1-7H,(H,18,20)(H,19,21). The largest absolute Gasteiger partial charge is 0.271 e. The second-order valence-corrected chi connectivity index (χ2v) is 5.27. The molecule has 0 saturated heterocycles. The van der Waals surface area contributed by atoms with Crippen molar-refractivity contribution in [2.24, 2.45) is 0 Å². The van der Waals surface area contributed by atoms with Crippen LogP contribution in [0.3, 0.4) is 0 Å². The molecule has 4 nitrogen and oxygen atoms in total. The molecule has 0 aliphatic rings. The van der Waals surface area contributed by atoms with Crippen molar-refractivity contribution in [1.82, 2.24) is 10.9 Å². The van der Waals surface area contributed by atoms with E-state index < -0.39 is 17.6 Å². The number of hydrogen-bond acceptors (Lipinski definition) is 2. The van der Waals surface area contributed by atoms with Crippen LogP contribution < -0.4 is 10.9 Å². The van der Waals surface area contributed by atoms with E-state index in [0.717, 1.165) is 12.1 Å². The fraction of sp³-hybridized carbons (Fsp3) is 0. The van der Waals surface area contributed by atoms with Crippen molar-refractivity contribution in [1.29, 1.82) is 0 Å². The van der Waals surface area contributed by atoms with Crippen LogP contribution in [0.1, 0.15) is 20.7 Å². The molecule has 0 saturated carbocycles. The Morgan fingerprint density at radius 2 is 1.62 bits per heavy atom. The summed E-state index contributed by atoms with van der Waals surface area (Å²) in [6.45, 7) is 0. The maximum absolute atomic E-state index is 12.9. The normalized spacial score (nSPS) is 10.0. The number of benzene rings is 2. The summed E-state index contributed by atoms with van der Waals surface area (Å²) in [6.07, 6.45) is 0. The zero-order valence-electron chi connectivity index (χ0n) is 10.5. The maximum atomic E-state index is 12.9. The van der Waals surface area contributed by atoms with Gasteiger partial charge in [-0.05, 0) is 46.3 Å². The monoisotopic (exact) mass is 370 g/mol. The third kappa shape index (κ3) is 3.80. The van der Waals surface area contributed by atoms with E-state index in [1.165, 1.54) is 6.07 Å². The van der Waals surface area contributed by atoms with E-state index in [0.29, 0.717) is 10.0 Å². The molecule has 0 unspecified atom stereocenters. The van der Waals surface area contributed by atoms with Crippen LogP contribution in [-0.4, -0.2) is 11.8 Å². The summed E-state index contributed by atoms with van der Waals surface area (Å²) in [5, 5.41) is -0.0392. The van der Waals surface area contributed by atoms with Crippen LogP contribution in [0.15, 0.2) is 46.9 Å². The van der Waals surface area contributed by atoms with Crippen molar-refractivity contribution >= 4 is 39.3 Å². The summed E-state index contributed by atoms with van der Waals surface area (Å²) >= 11 is 8.99. The first-order valence-electron chi connectivity index (χ1n) is 5.79. The van der Waals surface area contributed by atoms with E-state index in [1.54, 1.807) is 24.3 Å². The van der Waals surface area contributed by atoms with Gasteiger partial charge in [-0.1, -0.05) is 23.7 Å². The van der Waals surface area contributed by atoms with E-state index in [2.05, 4.69) is 26.8 Å². The first kappa shape index (κ1) is 15.5. The lowest BCUT2D eigenvalue weighted by atomic mass is 10.2. The second-order valence-electron chi connectivity index (χ2n) is 4.01. The molecule has 0 bridgehead atoms. The fourth-order valence-corrected chi connectivity index (χ4v) is 2.29. The summed E-state index contributed by atoms with van der Waals surface area (Å²) < 4.78 is 13.5. The molecule has 2 amide bonds. The van der Waals surface area contributed by atoms with Crippen LogP contribution in [-0.2, 0) is 0 Å². The topological polar surface area (TPSA) is 58.2 Å². The number of carbonyl (C=O) groups is 2. The number of amides is 2. The highest BCUT2D eigenvalue weighted by atomic mass is 79.9. The predicted octanol–water partition coefficient (Wildman–Crippen LogP) is 3.32. The van der Waals surface area contributed by atoms with Crippen molar-refractivity contribution in [3.63, 3.8) is 0 Å². The van der Waals surface area contributed by atoms with Gasteiger partial charge < -0.3 is 0 Å². The molecule has 2 aromatic carbocycles. The minimum absolute atomic E-state index is 0.0392. The van der Waals surface area contributed by atoms with Gasteiger partial charge in [0.2, 0.25) is 0 Å². The highest BCUT2D eigenvalue weighted by Gasteiger charge is 2.13. The second kappa shape index (κ2) is 6.69. The van der Waals surface area contributed by atoms with Gasteiger partial charge in [-0.25, -0.2) is 4.39 Å². The molecule has 0 spiro atoms. The molecule has 21 heavy (non-hydrogen) atoms. The molecule has 0 fully saturated rings. The van der Waals surface area contributed by atoms with Crippen molar-refractivity contribution in [2.45, 2.75) is 0 Å². The van der Waals surface area contributed by atoms with Gasteiger partial charge in [0.05, 0.1) is 16.1 Å². The Bertz CT molecular complexity index is 709. The first-order chi connectivity index (χ1) is 9.99. The van der Waals surface area contributed by atoms with E-state index in [-0.39, 0.29) is 10.6 Å². The number of rotatable bonds is 2. The van der Waals surface area contributed by atoms with Crippen LogP contribution in [0, 0.1) is 5.82 Å². The molecule has 2 rings (SSSR count). The SMILES string of the molecule is O=C(NNC(=O)c1ccccc1Br)c1ccc(F)cc1Cl. The lowest BCUT2D eigenvalue weighted by Gasteiger charge is -2.09. The number of carbonyl (C=O) groups excluding carboxylic acids is 2. The lowest BCUT2D eigenvalue weighted by molar-refractivity contribution is 0.0846. The third-order valence-corrected chi connectivity index (χ3v) is 3.59. The number of nitrogens with one attached hydrogen (secondary N) is 2. The minimum atomic E-state index is -0.639. The molecule has 108 valence electrons. The summed E-state index contributed by atoms with van der Waals surface area (Å²) in [7, 11) is 0. The summed E-state index contributed by atoms with van der Waals surface area (Å²) in [6, 6.07) is 10.1. The average Bonchev–Trinajstić information content (AvgIpc) is 2.45. The molecule has 7 heteroatoms. The van der Waals surface area contributed by atoms with Crippen molar-refractivity contribution < 1.29 is 14.0 Å². The number of hydrazine groups is 1. The van der Waals surface area contributed by atoms with Gasteiger partial charge in [0.15, 0.2) is 0 Å². The van der Waals surface area contributed by atoms with E-state index in [1.807, 2.05) is 0 Å². The molecular formula is C14H9BrClFN2O2. The van der Waals surface area contributed by atoms with Gasteiger partial charge >= 0.3 is 0 Å². The summed E-state index contributed by atoms with van der Waals surface area (Å²) in [5.41, 5.74) is 4.90. The van der Waals surface area contributed by atoms with Crippen LogP contribution >= 0.6 is 27.5 Å². The van der Waals surface area contributed by atoms with Gasteiger partial charge in [-0.3, -0.25) is 20.4 Å². The number of halogens is 3. The first-order valence-corrected chi connectivity index (χ1v) is 6.96. The Morgan fingerprint density at radius 1 is 1.00 bits per heavy atom. The van der Waals surface area contributed by atoms with Crippen LogP contribution in [0.25, 0.3) is 0 Å². The van der Waals surface area contributed by atoms with Gasteiger partial charge in [0, 0.05) is 4.47 Å². The predicted molar refractivity (Wildman–Crippen MR) is 80.5 cm³/mol. The average molecular weight is 372 g/mol. The van der Waals surface area contributed by atoms with Gasteiger partial charge in [0.25, 0.3) is 11.8 Å².